The van der Waals surface area contributed by atoms with Crippen molar-refractivity contribution in [3.63, 3.8) is 0 Å². The van der Waals surface area contributed by atoms with Gasteiger partial charge in [-0.1, -0.05) is 26.7 Å². The van der Waals surface area contributed by atoms with E-state index in [0.29, 0.717) is 18.5 Å². The van der Waals surface area contributed by atoms with E-state index in [1.807, 2.05) is 7.05 Å². The first-order valence-electron chi connectivity index (χ1n) is 7.67. The minimum atomic E-state index is -0.255. The van der Waals surface area contributed by atoms with E-state index in [-0.39, 0.29) is 5.82 Å². The normalized spacial score (nSPS) is 16.1. The molecule has 3 nitrogen and oxygen atoms in total. The number of halogens is 1. The summed E-state index contributed by atoms with van der Waals surface area (Å²) in [5, 5.41) is 3.12. The van der Waals surface area contributed by atoms with Crippen molar-refractivity contribution < 1.29 is 4.39 Å². The highest BCUT2D eigenvalue weighted by molar-refractivity contribution is 5.48. The van der Waals surface area contributed by atoms with Gasteiger partial charge in [-0.25, -0.2) is 9.37 Å². The molecule has 1 saturated carbocycles. The van der Waals surface area contributed by atoms with Gasteiger partial charge in [-0.15, -0.1) is 0 Å². The highest BCUT2D eigenvalue weighted by atomic mass is 19.1. The fourth-order valence-electron chi connectivity index (χ4n) is 3.07. The van der Waals surface area contributed by atoms with E-state index < -0.39 is 0 Å². The second-order valence-electron chi connectivity index (χ2n) is 6.15. The fraction of sp³-hybridized carbons (Fsp3) is 0.688. The van der Waals surface area contributed by atoms with Gasteiger partial charge in [0.2, 0.25) is 0 Å². The number of anilines is 1. The molecule has 1 aromatic rings. The van der Waals surface area contributed by atoms with Gasteiger partial charge >= 0.3 is 0 Å². The van der Waals surface area contributed by atoms with Crippen LogP contribution in [0.15, 0.2) is 12.3 Å². The van der Waals surface area contributed by atoms with Crippen LogP contribution in [0.5, 0.6) is 0 Å². The lowest BCUT2D eigenvalue weighted by Gasteiger charge is -2.33. The molecule has 0 spiro atoms. The van der Waals surface area contributed by atoms with E-state index in [1.54, 1.807) is 6.07 Å². The van der Waals surface area contributed by atoms with Gasteiger partial charge in [0, 0.05) is 24.7 Å². The first-order chi connectivity index (χ1) is 9.61. The average Bonchev–Trinajstić information content (AvgIpc) is 2.90. The summed E-state index contributed by atoms with van der Waals surface area (Å²) in [5.74, 6) is 1.28. The molecule has 1 fully saturated rings. The summed E-state index contributed by atoms with van der Waals surface area (Å²) in [4.78, 5) is 6.81. The largest absolute Gasteiger partial charge is 0.353 e. The molecule has 0 radical (unpaired) electrons. The molecule has 1 aliphatic carbocycles. The van der Waals surface area contributed by atoms with E-state index in [9.17, 15) is 4.39 Å². The van der Waals surface area contributed by atoms with Crippen molar-refractivity contribution >= 4 is 5.82 Å². The van der Waals surface area contributed by atoms with Crippen LogP contribution in [0.1, 0.15) is 45.1 Å². The van der Waals surface area contributed by atoms with Crippen molar-refractivity contribution in [2.45, 2.75) is 52.1 Å². The van der Waals surface area contributed by atoms with Crippen molar-refractivity contribution in [1.82, 2.24) is 10.3 Å². The Morgan fingerprint density at radius 2 is 2.10 bits per heavy atom. The van der Waals surface area contributed by atoms with Crippen LogP contribution in [0.4, 0.5) is 10.2 Å². The Morgan fingerprint density at radius 1 is 1.40 bits per heavy atom. The summed E-state index contributed by atoms with van der Waals surface area (Å²) in [6.45, 7) is 6.09. The minimum Gasteiger partial charge on any atom is -0.353 e. The number of nitrogens with one attached hydrogen (secondary N) is 1. The third kappa shape index (κ3) is 3.69. The van der Waals surface area contributed by atoms with E-state index in [4.69, 9.17) is 0 Å². The predicted octanol–water partition coefficient (Wildman–Crippen LogP) is 3.35. The van der Waals surface area contributed by atoms with Gasteiger partial charge in [-0.2, -0.15) is 0 Å². The molecule has 0 aliphatic heterocycles. The Labute approximate surface area is 121 Å². The molecule has 0 unspecified atom stereocenters. The van der Waals surface area contributed by atoms with Crippen LogP contribution in [0.25, 0.3) is 0 Å². The molecule has 2 rings (SSSR count). The highest BCUT2D eigenvalue weighted by Crippen LogP contribution is 2.30. The summed E-state index contributed by atoms with van der Waals surface area (Å²) < 4.78 is 13.5. The summed E-state index contributed by atoms with van der Waals surface area (Å²) in [7, 11) is 1.89. The van der Waals surface area contributed by atoms with E-state index in [1.165, 1.54) is 31.9 Å². The fourth-order valence-corrected chi connectivity index (χ4v) is 3.07. The third-order valence-electron chi connectivity index (χ3n) is 3.88. The maximum Gasteiger partial charge on any atom is 0.141 e. The maximum atomic E-state index is 13.5. The number of pyridine rings is 1. The molecule has 1 N–H and O–H groups in total. The van der Waals surface area contributed by atoms with Gasteiger partial charge in [0.1, 0.15) is 11.6 Å². The van der Waals surface area contributed by atoms with Crippen LogP contribution < -0.4 is 10.2 Å². The monoisotopic (exact) mass is 279 g/mol. The second-order valence-corrected chi connectivity index (χ2v) is 6.15. The van der Waals surface area contributed by atoms with Crippen molar-refractivity contribution in [2.75, 3.05) is 18.5 Å². The Kier molecular flexibility index (Phi) is 5.35. The number of hydrogen-bond acceptors (Lipinski definition) is 3. The summed E-state index contributed by atoms with van der Waals surface area (Å²) >= 11 is 0. The molecule has 1 aliphatic rings. The smallest absolute Gasteiger partial charge is 0.141 e. The van der Waals surface area contributed by atoms with E-state index >= 15 is 0 Å². The van der Waals surface area contributed by atoms with Crippen molar-refractivity contribution in [2.24, 2.45) is 5.92 Å². The zero-order valence-electron chi connectivity index (χ0n) is 12.8. The van der Waals surface area contributed by atoms with Gasteiger partial charge in [0.25, 0.3) is 0 Å². The van der Waals surface area contributed by atoms with Crippen LogP contribution in [-0.4, -0.2) is 24.6 Å². The van der Waals surface area contributed by atoms with Crippen LogP contribution in [0.3, 0.4) is 0 Å². The number of rotatable bonds is 6. The Bertz CT molecular complexity index is 428. The number of hydrogen-bond donors (Lipinski definition) is 1. The van der Waals surface area contributed by atoms with Crippen molar-refractivity contribution in [3.05, 3.63) is 23.6 Å². The van der Waals surface area contributed by atoms with E-state index in [2.05, 4.69) is 29.0 Å². The molecule has 1 aromatic heterocycles. The molecule has 4 heteroatoms. The Hall–Kier alpha value is -1.16. The number of nitrogens with zero attached hydrogens (tertiary/aromatic N) is 2. The van der Waals surface area contributed by atoms with E-state index in [0.717, 1.165) is 17.9 Å². The molecular formula is C16H26FN3. The zero-order chi connectivity index (χ0) is 14.5. The molecule has 20 heavy (non-hydrogen) atoms. The Balaban J connectivity index is 2.31. The van der Waals surface area contributed by atoms with Gasteiger partial charge in [0.05, 0.1) is 6.20 Å². The van der Waals surface area contributed by atoms with Gasteiger partial charge in [-0.05, 0) is 31.9 Å². The third-order valence-corrected chi connectivity index (χ3v) is 3.88. The molecule has 0 bridgehead atoms. The minimum absolute atomic E-state index is 0.255. The highest BCUT2D eigenvalue weighted by Gasteiger charge is 2.26. The lowest BCUT2D eigenvalue weighted by atomic mass is 10.1. The molecule has 0 atom stereocenters. The summed E-state index contributed by atoms with van der Waals surface area (Å²) in [6, 6.07) is 2.17. The topological polar surface area (TPSA) is 28.2 Å². The first-order valence-corrected chi connectivity index (χ1v) is 7.67. The van der Waals surface area contributed by atoms with Gasteiger partial charge in [0.15, 0.2) is 0 Å². The Morgan fingerprint density at radius 3 is 2.70 bits per heavy atom. The van der Waals surface area contributed by atoms with Gasteiger partial charge < -0.3 is 10.2 Å². The zero-order valence-corrected chi connectivity index (χ0v) is 12.8. The van der Waals surface area contributed by atoms with Crippen molar-refractivity contribution in [1.29, 1.82) is 0 Å². The van der Waals surface area contributed by atoms with Crippen LogP contribution >= 0.6 is 0 Å². The summed E-state index contributed by atoms with van der Waals surface area (Å²) in [6.07, 6.45) is 6.38. The molecule has 112 valence electrons. The molecule has 0 aromatic carbocycles. The van der Waals surface area contributed by atoms with Gasteiger partial charge in [-0.3, -0.25) is 0 Å². The number of aromatic nitrogens is 1. The van der Waals surface area contributed by atoms with Crippen molar-refractivity contribution in [3.8, 4) is 0 Å². The molecule has 0 amide bonds. The molecule has 0 saturated heterocycles. The van der Waals surface area contributed by atoms with Crippen LogP contribution in [0, 0.1) is 11.7 Å². The average molecular weight is 279 g/mol. The lowest BCUT2D eigenvalue weighted by molar-refractivity contribution is 0.526. The summed E-state index contributed by atoms with van der Waals surface area (Å²) in [5.41, 5.74) is 0.958. The predicted molar refractivity (Wildman–Crippen MR) is 81.4 cm³/mol. The molecule has 1 heterocycles. The van der Waals surface area contributed by atoms with Crippen LogP contribution in [0.2, 0.25) is 0 Å². The molecular weight excluding hydrogens is 253 g/mol. The first kappa shape index (κ1) is 15.2. The standard InChI is InChI=1S/C16H26FN3/c1-12(2)11-20(15-6-4-5-7-15)16-13(9-18-3)8-14(17)10-19-16/h8,10,12,15,18H,4-7,9,11H2,1-3H3. The van der Waals surface area contributed by atoms with Crippen LogP contribution in [-0.2, 0) is 6.54 Å². The maximum absolute atomic E-state index is 13.5. The lowest BCUT2D eigenvalue weighted by Crippen LogP contribution is -2.38. The SMILES string of the molecule is CNCc1cc(F)cnc1N(CC(C)C)C1CCCC1. The second kappa shape index (κ2) is 7.02. The quantitative estimate of drug-likeness (QED) is 0.865.